The molecule has 0 aliphatic rings. The van der Waals surface area contributed by atoms with Crippen molar-refractivity contribution >= 4 is 11.6 Å². The van der Waals surface area contributed by atoms with Crippen molar-refractivity contribution in [2.75, 3.05) is 19.0 Å². The smallest absolute Gasteiger partial charge is 0.119 e. The van der Waals surface area contributed by atoms with Gasteiger partial charge in [-0.1, -0.05) is 32.0 Å². The summed E-state index contributed by atoms with van der Waals surface area (Å²) in [4.78, 5) is 0. The number of ether oxygens (including phenoxy) is 1. The molecular weight excluding hydrogens is 234 g/mol. The molecule has 96 valence electrons. The van der Waals surface area contributed by atoms with E-state index in [0.29, 0.717) is 12.5 Å². The maximum Gasteiger partial charge on any atom is 0.119 e. The van der Waals surface area contributed by atoms with Gasteiger partial charge < -0.3 is 10.1 Å². The van der Waals surface area contributed by atoms with Crippen molar-refractivity contribution in [2.24, 2.45) is 0 Å². The molecule has 0 fully saturated rings. The first-order valence-electron chi connectivity index (χ1n) is 6.25. The van der Waals surface area contributed by atoms with Crippen molar-refractivity contribution in [2.45, 2.75) is 32.2 Å². The van der Waals surface area contributed by atoms with Gasteiger partial charge in [-0.05, 0) is 25.0 Å². The molecule has 0 atom stereocenters. The molecule has 0 amide bonds. The van der Waals surface area contributed by atoms with E-state index in [2.05, 4.69) is 19.2 Å². The largest absolute Gasteiger partial charge is 0.492 e. The number of hydrogen-bond acceptors (Lipinski definition) is 2. The van der Waals surface area contributed by atoms with Crippen LogP contribution in [-0.2, 0) is 0 Å². The van der Waals surface area contributed by atoms with Crippen LogP contribution in [0.15, 0.2) is 30.3 Å². The van der Waals surface area contributed by atoms with E-state index in [-0.39, 0.29) is 5.54 Å². The third-order valence-corrected chi connectivity index (χ3v) is 3.73. The number of nitrogens with one attached hydrogen (secondary N) is 1. The average molecular weight is 256 g/mol. The summed E-state index contributed by atoms with van der Waals surface area (Å²) in [7, 11) is 0. The van der Waals surface area contributed by atoms with E-state index in [1.54, 1.807) is 0 Å². The van der Waals surface area contributed by atoms with Crippen LogP contribution in [-0.4, -0.2) is 24.6 Å². The molecule has 1 rings (SSSR count). The zero-order valence-corrected chi connectivity index (χ0v) is 11.5. The summed E-state index contributed by atoms with van der Waals surface area (Å²) in [6.45, 7) is 5.82. The lowest BCUT2D eigenvalue weighted by Crippen LogP contribution is -2.47. The van der Waals surface area contributed by atoms with Gasteiger partial charge >= 0.3 is 0 Å². The van der Waals surface area contributed by atoms with Crippen molar-refractivity contribution in [3.63, 3.8) is 0 Å². The molecule has 1 aromatic rings. The minimum absolute atomic E-state index is 0.0571. The summed E-state index contributed by atoms with van der Waals surface area (Å²) >= 11 is 6.02. The summed E-state index contributed by atoms with van der Waals surface area (Å²) in [6.07, 6.45) is 2.08. The first kappa shape index (κ1) is 14.3. The van der Waals surface area contributed by atoms with Crippen molar-refractivity contribution in [1.29, 1.82) is 0 Å². The second kappa shape index (κ2) is 7.57. The molecule has 0 unspecified atom stereocenters. The predicted molar refractivity (Wildman–Crippen MR) is 74.0 cm³/mol. The Morgan fingerprint density at radius 1 is 1.18 bits per heavy atom. The van der Waals surface area contributed by atoms with Gasteiger partial charge in [-0.25, -0.2) is 0 Å². The summed E-state index contributed by atoms with van der Waals surface area (Å²) in [5.74, 6) is 1.56. The van der Waals surface area contributed by atoms with Gasteiger partial charge in [-0.15, -0.1) is 11.6 Å². The quantitative estimate of drug-likeness (QED) is 0.568. The van der Waals surface area contributed by atoms with Gasteiger partial charge in [-0.2, -0.15) is 0 Å². The molecular formula is C14H22ClNO. The molecule has 0 aliphatic heterocycles. The molecule has 0 saturated heterocycles. The topological polar surface area (TPSA) is 21.3 Å². The molecule has 0 saturated carbocycles. The SMILES string of the molecule is CCC(CC)(CCl)NCCOc1ccccc1. The number of benzene rings is 1. The average Bonchev–Trinajstić information content (AvgIpc) is 2.41. The normalized spacial score (nSPS) is 11.5. The van der Waals surface area contributed by atoms with Crippen LogP contribution in [0.25, 0.3) is 0 Å². The Bertz CT molecular complexity index is 290. The van der Waals surface area contributed by atoms with E-state index in [1.807, 2.05) is 30.3 Å². The number of halogens is 1. The highest BCUT2D eigenvalue weighted by atomic mass is 35.5. The van der Waals surface area contributed by atoms with E-state index in [1.165, 1.54) is 0 Å². The summed E-state index contributed by atoms with van der Waals surface area (Å²) in [6, 6.07) is 9.87. The van der Waals surface area contributed by atoms with Crippen LogP contribution in [0.1, 0.15) is 26.7 Å². The molecule has 0 aromatic heterocycles. The first-order chi connectivity index (χ1) is 8.26. The molecule has 0 radical (unpaired) electrons. The fraction of sp³-hybridized carbons (Fsp3) is 0.571. The standard InChI is InChI=1S/C14H22ClNO/c1-3-14(4-2,12-15)16-10-11-17-13-8-6-5-7-9-13/h5-9,16H,3-4,10-12H2,1-2H3. The molecule has 17 heavy (non-hydrogen) atoms. The molecule has 0 heterocycles. The van der Waals surface area contributed by atoms with E-state index in [4.69, 9.17) is 16.3 Å². The van der Waals surface area contributed by atoms with Gasteiger partial charge in [0.2, 0.25) is 0 Å². The van der Waals surface area contributed by atoms with Crippen LogP contribution in [0.5, 0.6) is 5.75 Å². The third kappa shape index (κ3) is 4.57. The number of rotatable bonds is 8. The van der Waals surface area contributed by atoms with Crippen LogP contribution in [0.2, 0.25) is 0 Å². The Kier molecular flexibility index (Phi) is 6.38. The maximum atomic E-state index is 6.02. The Morgan fingerprint density at radius 2 is 1.82 bits per heavy atom. The Balaban J connectivity index is 2.28. The maximum absolute atomic E-state index is 6.02. The molecule has 2 nitrogen and oxygen atoms in total. The summed E-state index contributed by atoms with van der Waals surface area (Å²) in [5.41, 5.74) is 0.0571. The second-order valence-corrected chi connectivity index (χ2v) is 4.48. The number of hydrogen-bond donors (Lipinski definition) is 1. The second-order valence-electron chi connectivity index (χ2n) is 4.21. The minimum atomic E-state index is 0.0571. The van der Waals surface area contributed by atoms with Gasteiger partial charge in [0.25, 0.3) is 0 Å². The summed E-state index contributed by atoms with van der Waals surface area (Å²) < 4.78 is 5.63. The van der Waals surface area contributed by atoms with Crippen molar-refractivity contribution in [3.8, 4) is 5.75 Å². The van der Waals surface area contributed by atoms with Crippen LogP contribution < -0.4 is 10.1 Å². The molecule has 3 heteroatoms. The first-order valence-corrected chi connectivity index (χ1v) is 6.78. The third-order valence-electron chi connectivity index (χ3n) is 3.22. The Labute approximate surface area is 109 Å². The van der Waals surface area contributed by atoms with Crippen LogP contribution >= 0.6 is 11.6 Å². The number of alkyl halides is 1. The highest BCUT2D eigenvalue weighted by Gasteiger charge is 2.23. The van der Waals surface area contributed by atoms with Gasteiger partial charge in [0.1, 0.15) is 12.4 Å². The van der Waals surface area contributed by atoms with Gasteiger partial charge in [-0.3, -0.25) is 0 Å². The highest BCUT2D eigenvalue weighted by Crippen LogP contribution is 2.16. The molecule has 0 bridgehead atoms. The van der Waals surface area contributed by atoms with Gasteiger partial charge in [0, 0.05) is 18.0 Å². The van der Waals surface area contributed by atoms with Crippen molar-refractivity contribution in [3.05, 3.63) is 30.3 Å². The lowest BCUT2D eigenvalue weighted by Gasteiger charge is -2.30. The fourth-order valence-electron chi connectivity index (χ4n) is 1.74. The highest BCUT2D eigenvalue weighted by molar-refractivity contribution is 6.18. The molecule has 0 spiro atoms. The Morgan fingerprint density at radius 3 is 2.35 bits per heavy atom. The molecule has 0 aliphatic carbocycles. The zero-order valence-electron chi connectivity index (χ0n) is 10.7. The van der Waals surface area contributed by atoms with Crippen LogP contribution in [0.3, 0.4) is 0 Å². The van der Waals surface area contributed by atoms with Crippen molar-refractivity contribution in [1.82, 2.24) is 5.32 Å². The lowest BCUT2D eigenvalue weighted by molar-refractivity contribution is 0.268. The van der Waals surface area contributed by atoms with Crippen LogP contribution in [0, 0.1) is 0 Å². The van der Waals surface area contributed by atoms with E-state index in [9.17, 15) is 0 Å². The monoisotopic (exact) mass is 255 g/mol. The minimum Gasteiger partial charge on any atom is -0.492 e. The van der Waals surface area contributed by atoms with E-state index < -0.39 is 0 Å². The van der Waals surface area contributed by atoms with Gasteiger partial charge in [0.15, 0.2) is 0 Å². The molecule has 1 aromatic carbocycles. The summed E-state index contributed by atoms with van der Waals surface area (Å²) in [5, 5.41) is 3.50. The predicted octanol–water partition coefficient (Wildman–Crippen LogP) is 3.45. The van der Waals surface area contributed by atoms with E-state index in [0.717, 1.165) is 25.1 Å². The lowest BCUT2D eigenvalue weighted by atomic mass is 9.95. The van der Waals surface area contributed by atoms with Gasteiger partial charge in [0.05, 0.1) is 0 Å². The molecule has 1 N–H and O–H groups in total. The van der Waals surface area contributed by atoms with E-state index >= 15 is 0 Å². The fourth-order valence-corrected chi connectivity index (χ4v) is 2.21. The van der Waals surface area contributed by atoms with Crippen LogP contribution in [0.4, 0.5) is 0 Å². The zero-order chi connectivity index (χ0) is 12.6. The van der Waals surface area contributed by atoms with Crippen molar-refractivity contribution < 1.29 is 4.74 Å². The Hall–Kier alpha value is -0.730. The number of para-hydroxylation sites is 1.